The Morgan fingerprint density at radius 1 is 1.04 bits per heavy atom. The first-order valence-electron chi connectivity index (χ1n) is 16.0. The van der Waals surface area contributed by atoms with Crippen LogP contribution in [0, 0.1) is 5.41 Å². The van der Waals surface area contributed by atoms with Crippen molar-refractivity contribution in [2.75, 3.05) is 6.54 Å². The summed E-state index contributed by atoms with van der Waals surface area (Å²) in [4.78, 5) is 19.9. The Morgan fingerprint density at radius 3 is 2.45 bits per heavy atom. The summed E-state index contributed by atoms with van der Waals surface area (Å²) in [5.74, 6) is 0.428. The van der Waals surface area contributed by atoms with Gasteiger partial charge in [-0.05, 0) is 72.7 Å². The zero-order chi connectivity index (χ0) is 32.5. The second-order valence-electron chi connectivity index (χ2n) is 13.3. The minimum atomic E-state index is -0.125. The van der Waals surface area contributed by atoms with Crippen LogP contribution in [0.5, 0.6) is 0 Å². The van der Waals surface area contributed by atoms with Crippen LogP contribution in [0.25, 0.3) is 27.5 Å². The van der Waals surface area contributed by atoms with Gasteiger partial charge in [-0.1, -0.05) is 87.1 Å². The van der Waals surface area contributed by atoms with Gasteiger partial charge in [-0.25, -0.2) is 0 Å². The third-order valence-electron chi connectivity index (χ3n) is 10.1. The van der Waals surface area contributed by atoms with E-state index in [1.165, 1.54) is 55.0 Å². The van der Waals surface area contributed by atoms with Crippen molar-refractivity contribution in [1.82, 2.24) is 20.2 Å². The monoisotopic (exact) mass is 804 g/mol. The van der Waals surface area contributed by atoms with Crippen molar-refractivity contribution in [3.05, 3.63) is 130 Å². The second kappa shape index (κ2) is 14.0. The number of nitrogens with zero attached hydrogens (tertiary/aromatic N) is 5. The first kappa shape index (κ1) is 34.4. The number of aliphatic hydroxyl groups excluding tert-OH is 1. The Bertz CT molecular complexity index is 1880. The van der Waals surface area contributed by atoms with Gasteiger partial charge in [0.15, 0.2) is 5.78 Å². The van der Waals surface area contributed by atoms with E-state index >= 15 is 0 Å². The molecule has 7 rings (SSSR count). The van der Waals surface area contributed by atoms with E-state index in [1.54, 1.807) is 0 Å². The fourth-order valence-corrected chi connectivity index (χ4v) is 7.39. The molecule has 2 aromatic carbocycles. The number of benzene rings is 2. The van der Waals surface area contributed by atoms with Crippen molar-refractivity contribution in [1.29, 1.82) is 0 Å². The summed E-state index contributed by atoms with van der Waals surface area (Å²) < 4.78 is 0. The third-order valence-corrected chi connectivity index (χ3v) is 10.1. The van der Waals surface area contributed by atoms with E-state index in [0.717, 1.165) is 28.2 Å². The number of aromatic nitrogens is 4. The van der Waals surface area contributed by atoms with E-state index in [4.69, 9.17) is 25.6 Å². The number of allylic oxidation sites excluding steroid dienone is 2. The molecule has 3 unspecified atom stereocenters. The number of fused-ring (bicyclic) bond motifs is 6. The summed E-state index contributed by atoms with van der Waals surface area (Å²) in [6.07, 6.45) is 5.36. The molecule has 8 heteroatoms. The van der Waals surface area contributed by atoms with Crippen LogP contribution < -0.4 is 5.10 Å². The summed E-state index contributed by atoms with van der Waals surface area (Å²) in [5, 5.41) is 25.3. The Morgan fingerprint density at radius 2 is 1.77 bits per heavy atom. The molecular formula is C39H41IrN5O2-2. The number of ketones is 1. The summed E-state index contributed by atoms with van der Waals surface area (Å²) >= 11 is 0. The SMILES string of the molecule is CC(=O)/C=C(/C)O.CC12CCC(c3c1n[n-]c3-c1nc(C(C[N-]Cc3ccccn3)c3ccccc3)cc3ccccc13)C2(C)C.[Ir]. The smallest absolute Gasteiger partial charge is 0.155 e. The maximum Gasteiger partial charge on any atom is 0.155 e. The van der Waals surface area contributed by atoms with Crippen LogP contribution in [0.3, 0.4) is 0 Å². The first-order valence-corrected chi connectivity index (χ1v) is 16.0. The number of aliphatic hydroxyl groups is 1. The van der Waals surface area contributed by atoms with Gasteiger partial charge in [0.05, 0.1) is 11.5 Å². The van der Waals surface area contributed by atoms with Crippen LogP contribution in [0.2, 0.25) is 0 Å². The molecular weight excluding hydrogens is 763 g/mol. The van der Waals surface area contributed by atoms with Crippen LogP contribution in [0.15, 0.2) is 96.9 Å². The van der Waals surface area contributed by atoms with Gasteiger partial charge in [-0.3, -0.25) is 14.8 Å². The maximum atomic E-state index is 10.0. The maximum absolute atomic E-state index is 10.0. The van der Waals surface area contributed by atoms with Gasteiger partial charge >= 0.3 is 0 Å². The van der Waals surface area contributed by atoms with Gasteiger partial charge in [0, 0.05) is 66.2 Å². The zero-order valence-corrected chi connectivity index (χ0v) is 30.0. The van der Waals surface area contributed by atoms with E-state index in [-0.39, 0.29) is 48.4 Å². The topological polar surface area (TPSA) is 104 Å². The van der Waals surface area contributed by atoms with Crippen LogP contribution in [0.4, 0.5) is 0 Å². The second-order valence-corrected chi connectivity index (χ2v) is 13.3. The molecule has 5 aromatic rings. The quantitative estimate of drug-likeness (QED) is 0.125. The summed E-state index contributed by atoms with van der Waals surface area (Å²) in [5.41, 5.74) is 7.91. The van der Waals surface area contributed by atoms with Crippen molar-refractivity contribution in [2.24, 2.45) is 5.41 Å². The zero-order valence-electron chi connectivity index (χ0n) is 27.6. The predicted octanol–water partition coefficient (Wildman–Crippen LogP) is 8.56. The molecule has 1 N–H and O–H groups in total. The number of carbonyl (C=O) groups is 1. The molecule has 2 aliphatic carbocycles. The fourth-order valence-electron chi connectivity index (χ4n) is 7.39. The van der Waals surface area contributed by atoms with E-state index in [0.29, 0.717) is 19.0 Å². The number of rotatable bonds is 8. The van der Waals surface area contributed by atoms with Crippen LogP contribution >= 0.6 is 0 Å². The molecule has 2 aliphatic rings. The predicted molar refractivity (Wildman–Crippen MR) is 183 cm³/mol. The molecule has 0 saturated heterocycles. The summed E-state index contributed by atoms with van der Waals surface area (Å²) in [6.45, 7) is 11.3. The van der Waals surface area contributed by atoms with E-state index < -0.39 is 0 Å². The molecule has 2 bridgehead atoms. The first-order chi connectivity index (χ1) is 22.1. The minimum absolute atomic E-state index is 0. The van der Waals surface area contributed by atoms with Gasteiger partial charge < -0.3 is 20.6 Å². The number of hydrogen-bond acceptors (Lipinski definition) is 5. The van der Waals surface area contributed by atoms with E-state index in [2.05, 4.69) is 86.4 Å². The van der Waals surface area contributed by atoms with E-state index in [9.17, 15) is 4.79 Å². The summed E-state index contributed by atoms with van der Waals surface area (Å²) in [7, 11) is 0. The number of pyridine rings is 2. The average Bonchev–Trinajstić information content (AvgIpc) is 3.63. The van der Waals surface area contributed by atoms with Gasteiger partial charge in [0.1, 0.15) is 0 Å². The van der Waals surface area contributed by atoms with Crippen LogP contribution in [0.1, 0.15) is 87.5 Å². The minimum Gasteiger partial charge on any atom is -0.656 e. The Kier molecular flexibility index (Phi) is 10.3. The van der Waals surface area contributed by atoms with Gasteiger partial charge in [0.25, 0.3) is 0 Å². The molecule has 0 amide bonds. The number of carbonyl (C=O) groups excluding carboxylic acids is 1. The molecule has 245 valence electrons. The normalized spacial score (nSPS) is 19.8. The molecule has 47 heavy (non-hydrogen) atoms. The Hall–Kier alpha value is -3.97. The molecule has 3 atom stereocenters. The van der Waals surface area contributed by atoms with Crippen molar-refractivity contribution in [2.45, 2.75) is 71.3 Å². The molecule has 1 saturated carbocycles. The van der Waals surface area contributed by atoms with Gasteiger partial charge in [0.2, 0.25) is 0 Å². The van der Waals surface area contributed by atoms with Crippen molar-refractivity contribution < 1.29 is 30.0 Å². The molecule has 7 nitrogen and oxygen atoms in total. The number of hydrogen-bond donors (Lipinski definition) is 1. The van der Waals surface area contributed by atoms with Gasteiger partial charge in [-0.2, -0.15) is 0 Å². The third kappa shape index (κ3) is 6.60. The van der Waals surface area contributed by atoms with Crippen molar-refractivity contribution in [3.8, 4) is 11.4 Å². The summed E-state index contributed by atoms with van der Waals surface area (Å²) in [6, 6.07) is 27.4. The van der Waals surface area contributed by atoms with Crippen LogP contribution in [-0.4, -0.2) is 32.5 Å². The average molecular weight is 804 g/mol. The molecule has 0 aliphatic heterocycles. The van der Waals surface area contributed by atoms with Crippen molar-refractivity contribution >= 4 is 16.6 Å². The fraction of sp³-hybridized carbons (Fsp3) is 0.333. The Balaban J connectivity index is 0.000000491. The van der Waals surface area contributed by atoms with Crippen LogP contribution in [-0.2, 0) is 36.9 Å². The largest absolute Gasteiger partial charge is 0.656 e. The molecule has 1 fully saturated rings. The van der Waals surface area contributed by atoms with Crippen molar-refractivity contribution in [3.63, 3.8) is 0 Å². The van der Waals surface area contributed by atoms with Gasteiger partial charge in [-0.15, -0.1) is 13.1 Å². The molecule has 1 radical (unpaired) electrons. The standard InChI is InChI=1S/C34H33N5.C5H8O2.Ir/c1-33(2)27-16-17-34(33,3)32-29(27)31(38-39-32)30-25-15-8-7-13-23(25)19-28(37-30)26(22-11-5-4-6-12-22)21-35-20-24-14-9-10-18-36-24;1-4(6)3-5(2)7;/h4-15,18-19,26-27H,16-17,20-21H2,1-3H3;3,6H,1-2H3;/q-2;;/b;4-3-;. The molecule has 3 aromatic heterocycles. The Labute approximate surface area is 290 Å². The molecule has 3 heterocycles. The van der Waals surface area contributed by atoms with E-state index in [1.807, 2.05) is 24.4 Å². The molecule has 0 spiro atoms.